The quantitative estimate of drug-likeness (QED) is 0.495. The number of para-hydroxylation sites is 1. The van der Waals surface area contributed by atoms with E-state index in [-0.39, 0.29) is 18.2 Å². The van der Waals surface area contributed by atoms with Crippen LogP contribution >= 0.6 is 0 Å². The van der Waals surface area contributed by atoms with Gasteiger partial charge in [0.15, 0.2) is 17.4 Å². The Balaban J connectivity index is 1.21. The van der Waals surface area contributed by atoms with E-state index in [1.807, 2.05) is 0 Å². The highest BCUT2D eigenvalue weighted by atomic mass is 19.4. The van der Waals surface area contributed by atoms with Crippen molar-refractivity contribution in [3.05, 3.63) is 65.7 Å². The third-order valence-electron chi connectivity index (χ3n) is 5.49. The Labute approximate surface area is 193 Å². The van der Waals surface area contributed by atoms with Crippen molar-refractivity contribution < 1.29 is 31.9 Å². The van der Waals surface area contributed by atoms with Crippen molar-refractivity contribution in [2.75, 3.05) is 39.3 Å². The number of benzene rings is 2. The monoisotopic (exact) mass is 480 g/mol. The molecule has 1 N–H and O–H groups in total. The number of aromatic nitrogens is 2. The zero-order valence-electron chi connectivity index (χ0n) is 18.2. The number of piperazine rings is 1. The molecule has 1 atom stereocenters. The third-order valence-corrected chi connectivity index (χ3v) is 5.49. The SMILES string of the molecule is O[C@@H](COc1ccccc1F)CN1CCN(Cc2noc(-c3ccc(C(F)(F)F)cc3)n2)CC1. The van der Waals surface area contributed by atoms with Gasteiger partial charge in [0.2, 0.25) is 0 Å². The maximum absolute atomic E-state index is 13.6. The fourth-order valence-corrected chi connectivity index (χ4v) is 3.67. The van der Waals surface area contributed by atoms with Gasteiger partial charge in [-0.15, -0.1) is 0 Å². The summed E-state index contributed by atoms with van der Waals surface area (Å²) in [4.78, 5) is 8.51. The summed E-state index contributed by atoms with van der Waals surface area (Å²) in [6.07, 6.45) is -5.15. The van der Waals surface area contributed by atoms with Gasteiger partial charge in [-0.05, 0) is 36.4 Å². The van der Waals surface area contributed by atoms with Gasteiger partial charge in [-0.25, -0.2) is 4.39 Å². The van der Waals surface area contributed by atoms with Gasteiger partial charge in [-0.2, -0.15) is 18.2 Å². The van der Waals surface area contributed by atoms with E-state index in [1.165, 1.54) is 24.3 Å². The lowest BCUT2D eigenvalue weighted by Gasteiger charge is -2.34. The summed E-state index contributed by atoms with van der Waals surface area (Å²) in [5.41, 5.74) is -0.319. The topological polar surface area (TPSA) is 74.9 Å². The summed E-state index contributed by atoms with van der Waals surface area (Å²) in [7, 11) is 0. The average Bonchev–Trinajstić information content (AvgIpc) is 3.28. The molecule has 4 rings (SSSR count). The molecule has 0 amide bonds. The number of aliphatic hydroxyl groups is 1. The minimum absolute atomic E-state index is 0.00324. The summed E-state index contributed by atoms with van der Waals surface area (Å²) in [5.74, 6) is 0.260. The molecule has 0 spiro atoms. The van der Waals surface area contributed by atoms with Gasteiger partial charge < -0.3 is 14.4 Å². The van der Waals surface area contributed by atoms with Crippen LogP contribution in [0.3, 0.4) is 0 Å². The number of ether oxygens (including phenoxy) is 1. The Morgan fingerprint density at radius 3 is 2.35 bits per heavy atom. The van der Waals surface area contributed by atoms with Crippen LogP contribution in [0.1, 0.15) is 11.4 Å². The van der Waals surface area contributed by atoms with E-state index in [1.54, 1.807) is 12.1 Å². The summed E-state index contributed by atoms with van der Waals surface area (Å²) in [5, 5.41) is 14.2. The van der Waals surface area contributed by atoms with Gasteiger partial charge >= 0.3 is 6.18 Å². The van der Waals surface area contributed by atoms with E-state index >= 15 is 0 Å². The van der Waals surface area contributed by atoms with Crippen molar-refractivity contribution in [3.8, 4) is 17.2 Å². The first-order valence-electron chi connectivity index (χ1n) is 10.8. The van der Waals surface area contributed by atoms with Crippen molar-refractivity contribution in [3.63, 3.8) is 0 Å². The van der Waals surface area contributed by atoms with Gasteiger partial charge in [0.05, 0.1) is 12.1 Å². The fraction of sp³-hybridized carbons (Fsp3) is 0.391. The van der Waals surface area contributed by atoms with Gasteiger partial charge in [-0.3, -0.25) is 9.80 Å². The molecule has 3 aromatic rings. The third kappa shape index (κ3) is 6.31. The maximum Gasteiger partial charge on any atom is 0.416 e. The molecule has 34 heavy (non-hydrogen) atoms. The van der Waals surface area contributed by atoms with E-state index in [2.05, 4.69) is 19.9 Å². The Kier molecular flexibility index (Phi) is 7.44. The number of aliphatic hydroxyl groups excluding tert-OH is 1. The second-order valence-electron chi connectivity index (χ2n) is 8.06. The van der Waals surface area contributed by atoms with E-state index in [4.69, 9.17) is 9.26 Å². The molecule has 0 radical (unpaired) electrons. The summed E-state index contributed by atoms with van der Waals surface area (Å²) in [6.45, 7) is 3.69. The van der Waals surface area contributed by atoms with Crippen LogP contribution in [0.2, 0.25) is 0 Å². The largest absolute Gasteiger partial charge is 0.488 e. The second kappa shape index (κ2) is 10.5. The molecule has 0 aliphatic carbocycles. The van der Waals surface area contributed by atoms with Crippen molar-refractivity contribution in [1.82, 2.24) is 19.9 Å². The molecule has 1 saturated heterocycles. The lowest BCUT2D eigenvalue weighted by Crippen LogP contribution is -2.48. The standard InChI is InChI=1S/C23H24F4N4O3/c24-19-3-1-2-4-20(19)33-15-18(32)13-30-9-11-31(12-10-30)14-21-28-22(34-29-21)16-5-7-17(8-6-16)23(25,26)27/h1-8,18,32H,9-15H2/t18-/m1/s1. The second-order valence-corrected chi connectivity index (χ2v) is 8.06. The highest BCUT2D eigenvalue weighted by Gasteiger charge is 2.30. The Bertz CT molecular complexity index is 1070. The van der Waals surface area contributed by atoms with Crippen molar-refractivity contribution in [1.29, 1.82) is 0 Å². The van der Waals surface area contributed by atoms with Crippen LogP contribution in [0.5, 0.6) is 5.75 Å². The molecule has 182 valence electrons. The average molecular weight is 480 g/mol. The molecule has 0 bridgehead atoms. The summed E-state index contributed by atoms with van der Waals surface area (Å²) >= 11 is 0. The van der Waals surface area contributed by atoms with Crippen LogP contribution in [-0.2, 0) is 12.7 Å². The Hall–Kier alpha value is -3.02. The molecular formula is C23H24F4N4O3. The normalized spacial score (nSPS) is 16.5. The first-order chi connectivity index (χ1) is 16.3. The van der Waals surface area contributed by atoms with Crippen LogP contribution in [0.15, 0.2) is 53.1 Å². The molecule has 7 nitrogen and oxygen atoms in total. The molecule has 1 aliphatic heterocycles. The molecule has 1 fully saturated rings. The minimum Gasteiger partial charge on any atom is -0.488 e. The van der Waals surface area contributed by atoms with Crippen LogP contribution in [-0.4, -0.2) is 70.5 Å². The zero-order chi connectivity index (χ0) is 24.1. The number of alkyl halides is 3. The Morgan fingerprint density at radius 2 is 1.68 bits per heavy atom. The highest BCUT2D eigenvalue weighted by Crippen LogP contribution is 2.30. The zero-order valence-corrected chi connectivity index (χ0v) is 18.2. The minimum atomic E-state index is -4.40. The summed E-state index contributed by atoms with van der Waals surface area (Å²) in [6, 6.07) is 10.6. The van der Waals surface area contributed by atoms with Gasteiger partial charge in [0.25, 0.3) is 5.89 Å². The number of hydrogen-bond donors (Lipinski definition) is 1. The molecule has 0 saturated carbocycles. The Morgan fingerprint density at radius 1 is 1.00 bits per heavy atom. The van der Waals surface area contributed by atoms with Crippen LogP contribution < -0.4 is 4.74 Å². The van der Waals surface area contributed by atoms with Crippen LogP contribution in [0.25, 0.3) is 11.5 Å². The van der Waals surface area contributed by atoms with E-state index in [9.17, 15) is 22.7 Å². The fourth-order valence-electron chi connectivity index (χ4n) is 3.67. The van der Waals surface area contributed by atoms with Gasteiger partial charge in [-0.1, -0.05) is 17.3 Å². The predicted octanol–water partition coefficient (Wildman–Crippen LogP) is 3.45. The lowest BCUT2D eigenvalue weighted by atomic mass is 10.1. The molecule has 11 heteroatoms. The number of β-amino-alcohol motifs (C(OH)–C–C–N with tert-alkyl or cyclic N) is 1. The van der Waals surface area contributed by atoms with Crippen LogP contribution in [0.4, 0.5) is 17.6 Å². The van der Waals surface area contributed by atoms with E-state index < -0.39 is 23.7 Å². The number of rotatable bonds is 8. The summed E-state index contributed by atoms with van der Waals surface area (Å²) < 4.78 is 62.3. The van der Waals surface area contributed by atoms with Gasteiger partial charge in [0.1, 0.15) is 12.7 Å². The van der Waals surface area contributed by atoms with Crippen molar-refractivity contribution >= 4 is 0 Å². The molecule has 1 aromatic heterocycles. The molecule has 1 aliphatic rings. The predicted molar refractivity (Wildman–Crippen MR) is 114 cm³/mol. The first kappa shape index (κ1) is 24.1. The maximum atomic E-state index is 13.6. The van der Waals surface area contributed by atoms with E-state index in [0.29, 0.717) is 50.7 Å². The smallest absolute Gasteiger partial charge is 0.416 e. The van der Waals surface area contributed by atoms with Crippen molar-refractivity contribution in [2.45, 2.75) is 18.8 Å². The van der Waals surface area contributed by atoms with E-state index in [0.717, 1.165) is 12.1 Å². The number of nitrogens with zero attached hydrogens (tertiary/aromatic N) is 4. The lowest BCUT2D eigenvalue weighted by molar-refractivity contribution is -0.137. The number of hydrogen-bond acceptors (Lipinski definition) is 7. The molecule has 0 unspecified atom stereocenters. The molecule has 2 heterocycles. The van der Waals surface area contributed by atoms with Crippen LogP contribution in [0, 0.1) is 5.82 Å². The van der Waals surface area contributed by atoms with Gasteiger partial charge in [0, 0.05) is 38.3 Å². The molecular weight excluding hydrogens is 456 g/mol. The number of halogens is 4. The molecule has 2 aromatic carbocycles. The first-order valence-corrected chi connectivity index (χ1v) is 10.8. The van der Waals surface area contributed by atoms with Crippen molar-refractivity contribution in [2.24, 2.45) is 0 Å². The highest BCUT2D eigenvalue weighted by molar-refractivity contribution is 5.53.